The Kier molecular flexibility index (Phi) is 4.55. The van der Waals surface area contributed by atoms with Crippen molar-refractivity contribution in [3.63, 3.8) is 0 Å². The highest BCUT2D eigenvalue weighted by molar-refractivity contribution is 5.99. The van der Waals surface area contributed by atoms with E-state index in [2.05, 4.69) is 20.9 Å². The summed E-state index contributed by atoms with van der Waals surface area (Å²) in [5.41, 5.74) is 2.10. The molecule has 1 aromatic heterocycles. The van der Waals surface area contributed by atoms with E-state index in [1.54, 1.807) is 13.2 Å². The van der Waals surface area contributed by atoms with Gasteiger partial charge in [-0.15, -0.1) is 0 Å². The number of pyridine rings is 1. The monoisotopic (exact) mass is 276 g/mol. The molecule has 1 aromatic rings. The number of hydrogen-bond donors (Lipinski definition) is 3. The van der Waals surface area contributed by atoms with Crippen LogP contribution in [0.25, 0.3) is 0 Å². The number of hydrogen-bond acceptors (Lipinski definition) is 4. The first-order chi connectivity index (χ1) is 9.61. The van der Waals surface area contributed by atoms with Crippen LogP contribution in [0.5, 0.6) is 0 Å². The van der Waals surface area contributed by atoms with Crippen LogP contribution in [0.3, 0.4) is 0 Å². The van der Waals surface area contributed by atoms with Gasteiger partial charge >= 0.3 is 0 Å². The Morgan fingerprint density at radius 1 is 1.30 bits per heavy atom. The normalized spacial score (nSPS) is 13.7. The predicted molar refractivity (Wildman–Crippen MR) is 76.6 cm³/mol. The Labute approximate surface area is 118 Å². The van der Waals surface area contributed by atoms with Crippen LogP contribution < -0.4 is 16.0 Å². The molecule has 0 atom stereocenters. The second-order valence-electron chi connectivity index (χ2n) is 4.94. The number of amides is 2. The molecule has 3 N–H and O–H groups in total. The Morgan fingerprint density at radius 3 is 2.65 bits per heavy atom. The van der Waals surface area contributed by atoms with Gasteiger partial charge in [-0.3, -0.25) is 14.6 Å². The molecule has 0 unspecified atom stereocenters. The molecule has 1 aliphatic rings. The van der Waals surface area contributed by atoms with Crippen molar-refractivity contribution in [3.05, 3.63) is 23.5 Å². The van der Waals surface area contributed by atoms with Crippen LogP contribution in [0.4, 0.5) is 5.69 Å². The molecule has 0 saturated heterocycles. The van der Waals surface area contributed by atoms with Crippen molar-refractivity contribution in [2.75, 3.05) is 25.5 Å². The summed E-state index contributed by atoms with van der Waals surface area (Å²) in [5, 5.41) is 8.56. The maximum absolute atomic E-state index is 12.0. The molecular weight excluding hydrogens is 256 g/mol. The van der Waals surface area contributed by atoms with Crippen molar-refractivity contribution in [2.24, 2.45) is 5.92 Å². The Bertz CT molecular complexity index is 512. The summed E-state index contributed by atoms with van der Waals surface area (Å²) < 4.78 is 0. The van der Waals surface area contributed by atoms with Crippen molar-refractivity contribution in [1.82, 2.24) is 15.6 Å². The third-order valence-corrected chi connectivity index (χ3v) is 3.21. The summed E-state index contributed by atoms with van der Waals surface area (Å²) in [6.07, 6.45) is 3.52. The van der Waals surface area contributed by atoms with E-state index in [-0.39, 0.29) is 17.7 Å². The van der Waals surface area contributed by atoms with Crippen molar-refractivity contribution >= 4 is 17.5 Å². The fourth-order valence-corrected chi connectivity index (χ4v) is 1.89. The zero-order chi connectivity index (χ0) is 14.5. The maximum Gasteiger partial charge on any atom is 0.255 e. The lowest BCUT2D eigenvalue weighted by Gasteiger charge is -2.10. The summed E-state index contributed by atoms with van der Waals surface area (Å²) in [6.45, 7) is 2.74. The first kappa shape index (κ1) is 14.3. The first-order valence-electron chi connectivity index (χ1n) is 6.82. The molecule has 6 heteroatoms. The standard InChI is InChI=1S/C14H20N4O2/c1-9-7-12(15-2)11(8-18-9)14(20)17-6-5-16-13(19)10-3-4-10/h7-8,10H,3-6H2,1-2H3,(H,15,18)(H,16,19)(H,17,20). The largest absolute Gasteiger partial charge is 0.387 e. The fourth-order valence-electron chi connectivity index (χ4n) is 1.89. The summed E-state index contributed by atoms with van der Waals surface area (Å²) in [7, 11) is 1.77. The van der Waals surface area contributed by atoms with Gasteiger partial charge in [0.05, 0.1) is 11.3 Å². The Morgan fingerprint density at radius 2 is 2.00 bits per heavy atom. The van der Waals surface area contributed by atoms with E-state index >= 15 is 0 Å². The number of nitrogens with one attached hydrogen (secondary N) is 3. The minimum atomic E-state index is -0.192. The Hall–Kier alpha value is -2.11. The molecule has 0 spiro atoms. The average molecular weight is 276 g/mol. The van der Waals surface area contributed by atoms with E-state index in [1.165, 1.54) is 0 Å². The lowest BCUT2D eigenvalue weighted by molar-refractivity contribution is -0.122. The van der Waals surface area contributed by atoms with Gasteiger partial charge in [-0.2, -0.15) is 0 Å². The lowest BCUT2D eigenvalue weighted by Crippen LogP contribution is -2.35. The predicted octanol–water partition coefficient (Wildman–Crippen LogP) is 0.688. The van der Waals surface area contributed by atoms with Crippen LogP contribution in [0.15, 0.2) is 12.3 Å². The lowest BCUT2D eigenvalue weighted by atomic mass is 10.2. The molecule has 1 heterocycles. The molecule has 1 fully saturated rings. The second kappa shape index (κ2) is 6.36. The van der Waals surface area contributed by atoms with Gasteiger partial charge in [0, 0.05) is 37.9 Å². The van der Waals surface area contributed by atoms with Gasteiger partial charge in [0.2, 0.25) is 5.91 Å². The molecule has 0 aromatic carbocycles. The van der Waals surface area contributed by atoms with Crippen molar-refractivity contribution in [2.45, 2.75) is 19.8 Å². The van der Waals surface area contributed by atoms with Gasteiger partial charge < -0.3 is 16.0 Å². The Balaban J connectivity index is 1.80. The minimum absolute atomic E-state index is 0.0900. The van der Waals surface area contributed by atoms with Gasteiger partial charge in [0.15, 0.2) is 0 Å². The highest BCUT2D eigenvalue weighted by Gasteiger charge is 2.29. The highest BCUT2D eigenvalue weighted by atomic mass is 16.2. The van der Waals surface area contributed by atoms with Crippen LogP contribution in [0, 0.1) is 12.8 Å². The molecule has 108 valence electrons. The molecule has 0 aliphatic heterocycles. The number of carbonyl (C=O) groups excluding carboxylic acids is 2. The molecule has 0 radical (unpaired) electrons. The van der Waals surface area contributed by atoms with Crippen molar-refractivity contribution in [3.8, 4) is 0 Å². The van der Waals surface area contributed by atoms with Crippen LogP contribution >= 0.6 is 0 Å². The van der Waals surface area contributed by atoms with E-state index in [1.807, 2.05) is 13.0 Å². The summed E-state index contributed by atoms with van der Waals surface area (Å²) in [4.78, 5) is 27.6. The quantitative estimate of drug-likeness (QED) is 0.667. The van der Waals surface area contributed by atoms with Gasteiger partial charge in [-0.25, -0.2) is 0 Å². The van der Waals surface area contributed by atoms with E-state index in [0.29, 0.717) is 18.7 Å². The molecule has 1 aliphatic carbocycles. The van der Waals surface area contributed by atoms with Crippen molar-refractivity contribution < 1.29 is 9.59 Å². The third-order valence-electron chi connectivity index (χ3n) is 3.21. The maximum atomic E-state index is 12.0. The molecular formula is C14H20N4O2. The van der Waals surface area contributed by atoms with E-state index in [0.717, 1.165) is 24.2 Å². The molecule has 20 heavy (non-hydrogen) atoms. The molecule has 1 saturated carbocycles. The number of rotatable bonds is 6. The van der Waals surface area contributed by atoms with E-state index in [9.17, 15) is 9.59 Å². The highest BCUT2D eigenvalue weighted by Crippen LogP contribution is 2.28. The zero-order valence-corrected chi connectivity index (χ0v) is 11.8. The molecule has 2 amide bonds. The molecule has 2 rings (SSSR count). The van der Waals surface area contributed by atoms with Gasteiger partial charge in [-0.1, -0.05) is 0 Å². The summed E-state index contributed by atoms with van der Waals surface area (Å²) >= 11 is 0. The molecule has 0 bridgehead atoms. The number of aromatic nitrogens is 1. The van der Waals surface area contributed by atoms with Gasteiger partial charge in [-0.05, 0) is 25.8 Å². The fraction of sp³-hybridized carbons (Fsp3) is 0.500. The number of nitrogens with zero attached hydrogens (tertiary/aromatic N) is 1. The zero-order valence-electron chi connectivity index (χ0n) is 11.8. The van der Waals surface area contributed by atoms with Crippen LogP contribution in [0.1, 0.15) is 28.9 Å². The number of anilines is 1. The van der Waals surface area contributed by atoms with Crippen LogP contribution in [0.2, 0.25) is 0 Å². The van der Waals surface area contributed by atoms with Crippen LogP contribution in [-0.2, 0) is 4.79 Å². The third kappa shape index (κ3) is 3.69. The second-order valence-corrected chi connectivity index (χ2v) is 4.94. The summed E-state index contributed by atoms with van der Waals surface area (Å²) in [6, 6.07) is 1.82. The molecule has 6 nitrogen and oxygen atoms in total. The van der Waals surface area contributed by atoms with Crippen LogP contribution in [-0.4, -0.2) is 36.9 Å². The van der Waals surface area contributed by atoms with Crippen molar-refractivity contribution in [1.29, 1.82) is 0 Å². The SMILES string of the molecule is CNc1cc(C)ncc1C(=O)NCCNC(=O)C1CC1. The minimum Gasteiger partial charge on any atom is -0.387 e. The van der Waals surface area contributed by atoms with Gasteiger partial charge in [0.1, 0.15) is 0 Å². The number of carbonyl (C=O) groups is 2. The average Bonchev–Trinajstić information content (AvgIpc) is 3.27. The topological polar surface area (TPSA) is 83.1 Å². The number of aryl methyl sites for hydroxylation is 1. The van der Waals surface area contributed by atoms with E-state index in [4.69, 9.17) is 0 Å². The first-order valence-corrected chi connectivity index (χ1v) is 6.82. The smallest absolute Gasteiger partial charge is 0.255 e. The van der Waals surface area contributed by atoms with E-state index < -0.39 is 0 Å². The summed E-state index contributed by atoms with van der Waals surface area (Å²) in [5.74, 6) is 0.0950. The van der Waals surface area contributed by atoms with Gasteiger partial charge in [0.25, 0.3) is 5.91 Å².